The highest BCUT2D eigenvalue weighted by molar-refractivity contribution is 6.45. The minimum absolute atomic E-state index is 0.0687. The molecule has 4 N–H and O–H groups in total. The maximum Gasteiger partial charge on any atom is 0.251 e. The summed E-state index contributed by atoms with van der Waals surface area (Å²) in [6, 6.07) is 10.2. The van der Waals surface area contributed by atoms with Gasteiger partial charge < -0.3 is 16.0 Å². The number of halogens is 3. The number of allylic oxidation sites excluding steroid dienone is 2. The van der Waals surface area contributed by atoms with E-state index in [4.69, 9.17) is 11.6 Å². The molecule has 188 valence electrons. The van der Waals surface area contributed by atoms with Crippen LogP contribution in [0.1, 0.15) is 36.3 Å². The normalized spacial score (nSPS) is 12.5. The topological polar surface area (TPSA) is 94.2 Å². The number of carbonyl (C=O) groups excluding carboxylic acids is 1. The quantitative estimate of drug-likeness (QED) is 0.209. The smallest absolute Gasteiger partial charge is 0.251 e. The van der Waals surface area contributed by atoms with Crippen LogP contribution in [0, 0.1) is 18.6 Å². The predicted octanol–water partition coefficient (Wildman–Crippen LogP) is 6.34. The molecule has 1 amide bonds. The summed E-state index contributed by atoms with van der Waals surface area (Å²) in [4.78, 5) is 16.2. The number of hydrogen-bond donors (Lipinski definition) is 4. The minimum atomic E-state index is -0.673. The van der Waals surface area contributed by atoms with E-state index < -0.39 is 11.6 Å². The number of benzene rings is 2. The van der Waals surface area contributed by atoms with Gasteiger partial charge in [-0.1, -0.05) is 36.7 Å². The minimum Gasteiger partial charge on any atom is -0.355 e. The van der Waals surface area contributed by atoms with Gasteiger partial charge in [-0.05, 0) is 50.1 Å². The number of aromatic amines is 1. The van der Waals surface area contributed by atoms with Crippen molar-refractivity contribution in [1.82, 2.24) is 15.5 Å². The van der Waals surface area contributed by atoms with Gasteiger partial charge in [0.2, 0.25) is 0 Å². The molecule has 0 bridgehead atoms. The molecule has 0 spiro atoms. The van der Waals surface area contributed by atoms with Crippen LogP contribution in [0.5, 0.6) is 0 Å². The summed E-state index contributed by atoms with van der Waals surface area (Å²) in [6.45, 7) is 5.50. The van der Waals surface area contributed by atoms with Crippen LogP contribution in [0.2, 0.25) is 0 Å². The first-order valence-electron chi connectivity index (χ1n) is 11.2. The second kappa shape index (κ2) is 12.1. The van der Waals surface area contributed by atoms with Gasteiger partial charge in [0.15, 0.2) is 11.7 Å². The van der Waals surface area contributed by atoms with Crippen molar-refractivity contribution in [2.45, 2.75) is 27.2 Å². The van der Waals surface area contributed by atoms with Crippen molar-refractivity contribution in [2.24, 2.45) is 4.99 Å². The van der Waals surface area contributed by atoms with E-state index in [9.17, 15) is 4.79 Å². The van der Waals surface area contributed by atoms with Gasteiger partial charge in [0, 0.05) is 36.0 Å². The molecule has 0 aliphatic carbocycles. The third-order valence-electron chi connectivity index (χ3n) is 5.07. The Hall–Kier alpha value is -3.98. The zero-order chi connectivity index (χ0) is 26.2. The number of aromatic nitrogens is 2. The third kappa shape index (κ3) is 6.57. The Balaban J connectivity index is 1.91. The average Bonchev–Trinajstić information content (AvgIpc) is 3.29. The Morgan fingerprint density at radius 3 is 2.44 bits per heavy atom. The number of anilines is 2. The van der Waals surface area contributed by atoms with Crippen LogP contribution in [-0.4, -0.2) is 29.0 Å². The molecule has 36 heavy (non-hydrogen) atoms. The van der Waals surface area contributed by atoms with Crippen molar-refractivity contribution < 1.29 is 13.6 Å². The second-order valence-electron chi connectivity index (χ2n) is 7.75. The van der Waals surface area contributed by atoms with E-state index in [1.165, 1.54) is 7.05 Å². The number of amidine groups is 1. The highest BCUT2D eigenvalue weighted by atomic mass is 35.5. The molecule has 7 nitrogen and oxygen atoms in total. The molecule has 3 rings (SSSR count). The summed E-state index contributed by atoms with van der Waals surface area (Å²) in [5, 5.41) is 15.7. The SMILES string of the molecule is C\C=C(Cl)/C(=N\C(=C\CC)Nc1cc(F)c(-c2ccc(C(=O)NC)cc2)cc1F)Nc1cc(C)[nH]n1. The van der Waals surface area contributed by atoms with Crippen molar-refractivity contribution in [3.8, 4) is 11.1 Å². The molecular weight excluding hydrogens is 486 g/mol. The molecule has 0 atom stereocenters. The van der Waals surface area contributed by atoms with Gasteiger partial charge in [-0.3, -0.25) is 9.89 Å². The first-order chi connectivity index (χ1) is 17.2. The van der Waals surface area contributed by atoms with Crippen LogP contribution >= 0.6 is 11.6 Å². The van der Waals surface area contributed by atoms with Crippen LogP contribution in [0.15, 0.2) is 70.5 Å². The first-order valence-corrected chi connectivity index (χ1v) is 11.6. The van der Waals surface area contributed by atoms with Crippen LogP contribution in [0.25, 0.3) is 11.1 Å². The molecule has 10 heteroatoms. The summed E-state index contributed by atoms with van der Waals surface area (Å²) < 4.78 is 30.1. The Morgan fingerprint density at radius 2 is 1.86 bits per heavy atom. The lowest BCUT2D eigenvalue weighted by molar-refractivity contribution is 0.0963. The molecule has 0 aliphatic rings. The molecular formula is C26H27ClF2N6O. The Bertz CT molecular complexity index is 1330. The van der Waals surface area contributed by atoms with Crippen molar-refractivity contribution in [3.63, 3.8) is 0 Å². The number of carbonyl (C=O) groups is 1. The predicted molar refractivity (Wildman–Crippen MR) is 141 cm³/mol. The maximum atomic E-state index is 15.1. The summed E-state index contributed by atoms with van der Waals surface area (Å²) in [5.41, 5.74) is 1.68. The Kier molecular flexibility index (Phi) is 8.97. The van der Waals surface area contributed by atoms with E-state index in [0.717, 1.165) is 17.8 Å². The van der Waals surface area contributed by atoms with Crippen molar-refractivity contribution >= 4 is 34.8 Å². The number of aryl methyl sites for hydroxylation is 1. The number of H-pyrrole nitrogens is 1. The number of nitrogens with one attached hydrogen (secondary N) is 4. The summed E-state index contributed by atoms with van der Waals surface area (Å²) in [5.74, 6) is -0.513. The van der Waals surface area contributed by atoms with E-state index in [1.807, 2.05) is 13.8 Å². The van der Waals surface area contributed by atoms with Crippen molar-refractivity contribution in [1.29, 1.82) is 0 Å². The number of hydrogen-bond acceptors (Lipinski definition) is 4. The molecule has 0 aliphatic heterocycles. The van der Waals surface area contributed by atoms with Crippen LogP contribution < -0.4 is 16.0 Å². The third-order valence-corrected chi connectivity index (χ3v) is 5.46. The number of rotatable bonds is 8. The van der Waals surface area contributed by atoms with Crippen LogP contribution in [0.3, 0.4) is 0 Å². The van der Waals surface area contributed by atoms with E-state index in [2.05, 4.69) is 31.1 Å². The van der Waals surface area contributed by atoms with E-state index in [1.54, 1.807) is 49.4 Å². The largest absolute Gasteiger partial charge is 0.355 e. The zero-order valence-corrected chi connectivity index (χ0v) is 21.1. The van der Waals surface area contributed by atoms with Crippen LogP contribution in [0.4, 0.5) is 20.3 Å². The van der Waals surface area contributed by atoms with Crippen molar-refractivity contribution in [2.75, 3.05) is 17.7 Å². The highest BCUT2D eigenvalue weighted by Gasteiger charge is 2.15. The number of amides is 1. The molecule has 0 saturated carbocycles. The summed E-state index contributed by atoms with van der Waals surface area (Å²) >= 11 is 6.34. The van der Waals surface area contributed by atoms with Gasteiger partial charge in [0.25, 0.3) is 5.91 Å². The summed E-state index contributed by atoms with van der Waals surface area (Å²) in [7, 11) is 1.52. The molecule has 3 aromatic rings. The molecule has 0 radical (unpaired) electrons. The van der Waals surface area contributed by atoms with E-state index in [-0.39, 0.29) is 28.8 Å². The molecule has 0 saturated heterocycles. The van der Waals surface area contributed by atoms with Gasteiger partial charge in [0.05, 0.1) is 10.7 Å². The molecule has 0 unspecified atom stereocenters. The zero-order valence-electron chi connectivity index (χ0n) is 20.3. The van der Waals surface area contributed by atoms with E-state index >= 15 is 8.78 Å². The highest BCUT2D eigenvalue weighted by Crippen LogP contribution is 2.29. The van der Waals surface area contributed by atoms with Gasteiger partial charge in [-0.2, -0.15) is 5.10 Å². The van der Waals surface area contributed by atoms with Crippen LogP contribution in [-0.2, 0) is 0 Å². The van der Waals surface area contributed by atoms with Gasteiger partial charge in [-0.25, -0.2) is 13.8 Å². The Labute approximate surface area is 213 Å². The van der Waals surface area contributed by atoms with E-state index in [0.29, 0.717) is 28.4 Å². The Morgan fingerprint density at radius 1 is 1.14 bits per heavy atom. The van der Waals surface area contributed by atoms with Gasteiger partial charge >= 0.3 is 0 Å². The fraction of sp³-hybridized carbons (Fsp3) is 0.192. The van der Waals surface area contributed by atoms with Gasteiger partial charge in [-0.15, -0.1) is 0 Å². The fourth-order valence-corrected chi connectivity index (χ4v) is 3.36. The molecule has 2 aromatic carbocycles. The number of aliphatic imine (C=N–C) groups is 1. The first kappa shape index (κ1) is 26.6. The lowest BCUT2D eigenvalue weighted by Crippen LogP contribution is -2.17. The summed E-state index contributed by atoms with van der Waals surface area (Å²) in [6.07, 6.45) is 3.95. The second-order valence-corrected chi connectivity index (χ2v) is 8.16. The molecule has 0 fully saturated rings. The fourth-order valence-electron chi connectivity index (χ4n) is 3.27. The molecule has 1 aromatic heterocycles. The van der Waals surface area contributed by atoms with Gasteiger partial charge in [0.1, 0.15) is 17.5 Å². The standard InChI is InChI=1S/C26H27ClF2N6O/c1-5-7-23(32-25(19(27)6-2)33-24-12-15(3)34-35-24)31-22-14-20(28)18(13-21(22)29)16-8-10-17(11-9-16)26(36)30-4/h6-14,31H,5H2,1-4H3,(H,30,36)(H2,32,33,34,35)/b19-6+,23-7+. The lowest BCUT2D eigenvalue weighted by Gasteiger charge is -2.13. The maximum absolute atomic E-state index is 15.1. The van der Waals surface area contributed by atoms with Crippen molar-refractivity contribution in [3.05, 3.63) is 88.4 Å². The lowest BCUT2D eigenvalue weighted by atomic mass is 10.0. The number of nitrogens with zero attached hydrogens (tertiary/aromatic N) is 2. The monoisotopic (exact) mass is 512 g/mol. The molecule has 1 heterocycles. The average molecular weight is 513 g/mol.